The maximum absolute atomic E-state index is 11.5. The molecular formula is C28H46O4. The molecule has 1 N–H and O–H groups in total. The summed E-state index contributed by atoms with van der Waals surface area (Å²) in [6, 6.07) is 7.72. The number of hydrogen-bond donors (Lipinski definition) is 1. The molecule has 0 heterocycles. The zero-order valence-corrected chi connectivity index (χ0v) is 20.4. The van der Waals surface area contributed by atoms with Gasteiger partial charge in [-0.1, -0.05) is 103 Å². The van der Waals surface area contributed by atoms with Crippen molar-refractivity contribution in [1.82, 2.24) is 0 Å². The highest BCUT2D eigenvalue weighted by molar-refractivity contribution is 5.87. The highest BCUT2D eigenvalue weighted by Gasteiger charge is 1.98. The SMILES string of the molecule is CCCCCCCCCCCCCCCCOc1ccc(/C=C/C(=O)OCCCO)cc1. The van der Waals surface area contributed by atoms with Gasteiger partial charge in [0.15, 0.2) is 0 Å². The smallest absolute Gasteiger partial charge is 0.330 e. The Morgan fingerprint density at radius 2 is 1.28 bits per heavy atom. The van der Waals surface area contributed by atoms with E-state index in [1.165, 1.54) is 89.5 Å². The summed E-state index contributed by atoms with van der Waals surface area (Å²) in [5, 5.41) is 8.67. The summed E-state index contributed by atoms with van der Waals surface area (Å²) in [7, 11) is 0. The third kappa shape index (κ3) is 16.8. The topological polar surface area (TPSA) is 55.8 Å². The molecule has 0 unspecified atom stereocenters. The number of esters is 1. The first-order valence-corrected chi connectivity index (χ1v) is 12.9. The first kappa shape index (κ1) is 28.2. The van der Waals surface area contributed by atoms with Gasteiger partial charge in [0.2, 0.25) is 0 Å². The molecule has 1 aromatic rings. The molecule has 0 aliphatic carbocycles. The molecule has 0 amide bonds. The Balaban J connectivity index is 1.95. The Hall–Kier alpha value is -1.81. The molecule has 1 aromatic carbocycles. The molecule has 0 aliphatic rings. The van der Waals surface area contributed by atoms with Crippen molar-refractivity contribution >= 4 is 12.0 Å². The van der Waals surface area contributed by atoms with Gasteiger partial charge >= 0.3 is 5.97 Å². The van der Waals surface area contributed by atoms with Crippen LogP contribution < -0.4 is 4.74 Å². The van der Waals surface area contributed by atoms with Gasteiger partial charge in [-0.3, -0.25) is 0 Å². The molecule has 0 spiro atoms. The Morgan fingerprint density at radius 1 is 0.750 bits per heavy atom. The van der Waals surface area contributed by atoms with Crippen LogP contribution in [-0.2, 0) is 9.53 Å². The first-order chi connectivity index (χ1) is 15.8. The van der Waals surface area contributed by atoms with E-state index in [4.69, 9.17) is 14.6 Å². The second-order valence-electron chi connectivity index (χ2n) is 8.59. The Labute approximate surface area is 196 Å². The molecule has 0 fully saturated rings. The minimum Gasteiger partial charge on any atom is -0.494 e. The number of aliphatic hydroxyl groups excluding tert-OH is 1. The van der Waals surface area contributed by atoms with Gasteiger partial charge in [0.1, 0.15) is 5.75 Å². The third-order valence-electron chi connectivity index (χ3n) is 5.61. The summed E-state index contributed by atoms with van der Waals surface area (Å²) >= 11 is 0. The Morgan fingerprint density at radius 3 is 1.81 bits per heavy atom. The molecule has 1 rings (SSSR count). The lowest BCUT2D eigenvalue weighted by Crippen LogP contribution is -2.03. The van der Waals surface area contributed by atoms with Crippen molar-refractivity contribution in [2.75, 3.05) is 19.8 Å². The van der Waals surface area contributed by atoms with Gasteiger partial charge in [0, 0.05) is 19.1 Å². The lowest BCUT2D eigenvalue weighted by atomic mass is 10.0. The minimum absolute atomic E-state index is 0.0256. The molecule has 4 nitrogen and oxygen atoms in total. The number of carbonyl (C=O) groups excluding carboxylic acids is 1. The van der Waals surface area contributed by atoms with Gasteiger partial charge in [0.05, 0.1) is 13.2 Å². The first-order valence-electron chi connectivity index (χ1n) is 12.9. The van der Waals surface area contributed by atoms with Gasteiger partial charge in [-0.2, -0.15) is 0 Å². The molecule has 0 saturated carbocycles. The summed E-state index contributed by atoms with van der Waals surface area (Å²) in [4.78, 5) is 11.5. The zero-order chi connectivity index (χ0) is 23.1. The fourth-order valence-electron chi connectivity index (χ4n) is 3.61. The summed E-state index contributed by atoms with van der Waals surface area (Å²) in [5.74, 6) is 0.471. The van der Waals surface area contributed by atoms with Crippen molar-refractivity contribution in [2.24, 2.45) is 0 Å². The van der Waals surface area contributed by atoms with Crippen molar-refractivity contribution in [3.63, 3.8) is 0 Å². The maximum Gasteiger partial charge on any atom is 0.330 e. The van der Waals surface area contributed by atoms with E-state index in [1.807, 2.05) is 24.3 Å². The van der Waals surface area contributed by atoms with E-state index in [0.29, 0.717) is 6.42 Å². The third-order valence-corrected chi connectivity index (χ3v) is 5.61. The van der Waals surface area contributed by atoms with Crippen molar-refractivity contribution in [1.29, 1.82) is 0 Å². The predicted molar refractivity (Wildman–Crippen MR) is 134 cm³/mol. The minimum atomic E-state index is -0.392. The van der Waals surface area contributed by atoms with Crippen LogP contribution in [0.25, 0.3) is 6.08 Å². The number of carbonyl (C=O) groups is 1. The van der Waals surface area contributed by atoms with Crippen molar-refractivity contribution in [3.05, 3.63) is 35.9 Å². The fourth-order valence-corrected chi connectivity index (χ4v) is 3.61. The summed E-state index contributed by atoms with van der Waals surface area (Å²) in [5.41, 5.74) is 0.924. The van der Waals surface area contributed by atoms with Crippen LogP contribution in [0.2, 0.25) is 0 Å². The van der Waals surface area contributed by atoms with Gasteiger partial charge in [-0.05, 0) is 30.2 Å². The number of rotatable bonds is 21. The average molecular weight is 447 g/mol. The summed E-state index contributed by atoms with van der Waals surface area (Å²) < 4.78 is 10.8. The highest BCUT2D eigenvalue weighted by Crippen LogP contribution is 2.15. The highest BCUT2D eigenvalue weighted by atomic mass is 16.5. The number of aliphatic hydroxyl groups is 1. The lowest BCUT2D eigenvalue weighted by Gasteiger charge is -2.07. The molecule has 0 aliphatic heterocycles. The molecule has 0 bridgehead atoms. The molecule has 4 heteroatoms. The van der Waals surface area contributed by atoms with E-state index >= 15 is 0 Å². The largest absolute Gasteiger partial charge is 0.494 e. The average Bonchev–Trinajstić information content (AvgIpc) is 2.81. The van der Waals surface area contributed by atoms with Gasteiger partial charge in [-0.15, -0.1) is 0 Å². The van der Waals surface area contributed by atoms with Crippen molar-refractivity contribution < 1.29 is 19.4 Å². The van der Waals surface area contributed by atoms with Crippen LogP contribution in [0, 0.1) is 0 Å². The lowest BCUT2D eigenvalue weighted by molar-refractivity contribution is -0.137. The molecule has 0 saturated heterocycles. The van der Waals surface area contributed by atoms with E-state index in [0.717, 1.165) is 24.3 Å². The number of benzene rings is 1. The zero-order valence-electron chi connectivity index (χ0n) is 20.4. The fraction of sp³-hybridized carbons (Fsp3) is 0.679. The van der Waals surface area contributed by atoms with E-state index in [1.54, 1.807) is 6.08 Å². The maximum atomic E-state index is 11.5. The van der Waals surface area contributed by atoms with Crippen LogP contribution in [0.15, 0.2) is 30.3 Å². The predicted octanol–water partition coefficient (Wildman–Crippen LogP) is 7.49. The molecule has 182 valence electrons. The number of hydrogen-bond acceptors (Lipinski definition) is 4. The van der Waals surface area contributed by atoms with Crippen LogP contribution in [0.1, 0.15) is 109 Å². The van der Waals surface area contributed by atoms with Crippen LogP contribution in [-0.4, -0.2) is 30.9 Å². The summed E-state index contributed by atoms with van der Waals surface area (Å²) in [6.07, 6.45) is 22.6. The van der Waals surface area contributed by atoms with Crippen LogP contribution >= 0.6 is 0 Å². The standard InChI is InChI=1S/C28H46O4/c1-2-3-4-5-6-7-8-9-10-11-12-13-14-15-24-31-27-20-17-26(18-21-27)19-22-28(30)32-25-16-23-29/h17-22,29H,2-16,23-25H2,1H3/b22-19+. The van der Waals surface area contributed by atoms with E-state index < -0.39 is 5.97 Å². The normalized spacial score (nSPS) is 11.2. The van der Waals surface area contributed by atoms with Gasteiger partial charge in [0.25, 0.3) is 0 Å². The Bertz CT molecular complexity index is 580. The summed E-state index contributed by atoms with van der Waals surface area (Å²) in [6.45, 7) is 3.30. The molecule has 0 aromatic heterocycles. The van der Waals surface area contributed by atoms with Crippen molar-refractivity contribution in [2.45, 2.75) is 103 Å². The second kappa shape index (κ2) is 21.1. The van der Waals surface area contributed by atoms with Gasteiger partial charge in [-0.25, -0.2) is 4.79 Å². The number of unbranched alkanes of at least 4 members (excludes halogenated alkanes) is 13. The Kier molecular flexibility index (Phi) is 18.6. The van der Waals surface area contributed by atoms with Crippen LogP contribution in [0.5, 0.6) is 5.75 Å². The molecule has 0 atom stereocenters. The molecule has 0 radical (unpaired) electrons. The van der Waals surface area contributed by atoms with Gasteiger partial charge < -0.3 is 14.6 Å². The number of ether oxygens (including phenoxy) is 2. The van der Waals surface area contributed by atoms with Crippen LogP contribution in [0.4, 0.5) is 0 Å². The van der Waals surface area contributed by atoms with E-state index in [9.17, 15) is 4.79 Å². The van der Waals surface area contributed by atoms with Crippen LogP contribution in [0.3, 0.4) is 0 Å². The van der Waals surface area contributed by atoms with E-state index in [2.05, 4.69) is 6.92 Å². The van der Waals surface area contributed by atoms with E-state index in [-0.39, 0.29) is 13.2 Å². The van der Waals surface area contributed by atoms with Crippen molar-refractivity contribution in [3.8, 4) is 5.75 Å². The quantitative estimate of drug-likeness (QED) is 0.121. The molecular weight excluding hydrogens is 400 g/mol. The second-order valence-corrected chi connectivity index (χ2v) is 8.59. The molecule has 32 heavy (non-hydrogen) atoms. The monoisotopic (exact) mass is 446 g/mol.